The van der Waals surface area contributed by atoms with Gasteiger partial charge in [0.15, 0.2) is 17.0 Å². The maximum Gasteiger partial charge on any atom is 0.227 e. The molecule has 1 fully saturated rings. The molecule has 9 nitrogen and oxygen atoms in total. The normalized spacial score (nSPS) is 16.1. The van der Waals surface area contributed by atoms with Crippen molar-refractivity contribution >= 4 is 22.9 Å². The minimum Gasteiger partial charge on any atom is -0.391 e. The van der Waals surface area contributed by atoms with Gasteiger partial charge in [-0.25, -0.2) is 9.67 Å². The summed E-state index contributed by atoms with van der Waals surface area (Å²) in [5.41, 5.74) is 3.75. The molecule has 0 amide bonds. The van der Waals surface area contributed by atoms with Crippen LogP contribution in [0.15, 0.2) is 49.1 Å². The number of fused-ring (bicyclic) bond motifs is 1. The van der Waals surface area contributed by atoms with Crippen LogP contribution in [0.4, 0.5) is 11.8 Å². The van der Waals surface area contributed by atoms with Gasteiger partial charge in [-0.05, 0) is 49.9 Å². The second-order valence-corrected chi connectivity index (χ2v) is 9.03. The molecule has 5 rings (SSSR count). The molecule has 3 N–H and O–H groups in total. The SMILES string of the molecule is CCC(Nc1nc(NCc2ccc(-n3cccn3)cc2)c2ncn(C3CCCC3)c2n1)C(C)O. The summed E-state index contributed by atoms with van der Waals surface area (Å²) in [7, 11) is 0. The number of aliphatic hydroxyl groups is 1. The summed E-state index contributed by atoms with van der Waals surface area (Å²) < 4.78 is 4.04. The third kappa shape index (κ3) is 4.61. The predicted molar refractivity (Wildman–Crippen MR) is 133 cm³/mol. The van der Waals surface area contributed by atoms with Crippen molar-refractivity contribution in [2.24, 2.45) is 0 Å². The third-order valence-corrected chi connectivity index (χ3v) is 6.64. The molecule has 9 heteroatoms. The molecule has 178 valence electrons. The van der Waals surface area contributed by atoms with Crippen LogP contribution in [0.5, 0.6) is 0 Å². The van der Waals surface area contributed by atoms with E-state index in [1.54, 1.807) is 13.1 Å². The molecule has 0 bridgehead atoms. The summed E-state index contributed by atoms with van der Waals surface area (Å²) >= 11 is 0. The molecular formula is C25H32N8O. The molecule has 4 aromatic rings. The van der Waals surface area contributed by atoms with Gasteiger partial charge in [-0.3, -0.25) is 0 Å². The number of nitrogens with zero attached hydrogens (tertiary/aromatic N) is 6. The molecule has 1 aliphatic carbocycles. The number of rotatable bonds is 9. The second kappa shape index (κ2) is 9.80. The lowest BCUT2D eigenvalue weighted by Gasteiger charge is -2.20. The van der Waals surface area contributed by atoms with Gasteiger partial charge in [0.2, 0.25) is 5.95 Å². The van der Waals surface area contributed by atoms with E-state index in [1.165, 1.54) is 12.8 Å². The molecule has 1 aromatic carbocycles. The Morgan fingerprint density at radius 1 is 1.15 bits per heavy atom. The minimum atomic E-state index is -0.506. The zero-order valence-corrected chi connectivity index (χ0v) is 19.7. The van der Waals surface area contributed by atoms with E-state index in [9.17, 15) is 5.11 Å². The molecule has 0 radical (unpaired) electrons. The Kier molecular flexibility index (Phi) is 6.44. The molecule has 3 heterocycles. The topological polar surface area (TPSA) is 106 Å². The van der Waals surface area contributed by atoms with Crippen molar-refractivity contribution in [3.8, 4) is 5.69 Å². The summed E-state index contributed by atoms with van der Waals surface area (Å²) in [5.74, 6) is 1.21. The highest BCUT2D eigenvalue weighted by Gasteiger charge is 2.23. The lowest BCUT2D eigenvalue weighted by atomic mass is 10.1. The molecule has 1 aliphatic rings. The number of aliphatic hydroxyl groups excluding tert-OH is 1. The van der Waals surface area contributed by atoms with Crippen molar-refractivity contribution < 1.29 is 5.11 Å². The first-order valence-electron chi connectivity index (χ1n) is 12.1. The summed E-state index contributed by atoms with van der Waals surface area (Å²) in [5, 5.41) is 21.2. The Bertz CT molecular complexity index is 1210. The molecule has 0 saturated heterocycles. The fourth-order valence-corrected chi connectivity index (χ4v) is 4.66. The Morgan fingerprint density at radius 2 is 1.94 bits per heavy atom. The summed E-state index contributed by atoms with van der Waals surface area (Å²) in [6, 6.07) is 10.5. The standard InChI is InChI=1S/C25H32N8O/c1-3-21(17(2)34)29-25-30-23(22-24(31-25)32(16-27-22)19-7-4-5-8-19)26-15-18-9-11-20(12-10-18)33-14-6-13-28-33/h6,9-14,16-17,19,21,34H,3-5,7-8,15H2,1-2H3,(H2,26,29,30,31). The van der Waals surface area contributed by atoms with Crippen LogP contribution < -0.4 is 10.6 Å². The van der Waals surface area contributed by atoms with Crippen LogP contribution in [0.2, 0.25) is 0 Å². The first kappa shape index (κ1) is 22.3. The van der Waals surface area contributed by atoms with Gasteiger partial charge < -0.3 is 20.3 Å². The van der Waals surface area contributed by atoms with E-state index in [-0.39, 0.29) is 6.04 Å². The zero-order valence-electron chi connectivity index (χ0n) is 19.7. The number of nitrogens with one attached hydrogen (secondary N) is 2. The molecule has 2 atom stereocenters. The van der Waals surface area contributed by atoms with Crippen molar-refractivity contribution in [2.45, 2.75) is 70.7 Å². The summed E-state index contributed by atoms with van der Waals surface area (Å²) in [6.07, 6.45) is 10.6. The van der Waals surface area contributed by atoms with Crippen LogP contribution in [-0.2, 0) is 6.54 Å². The molecule has 1 saturated carbocycles. The van der Waals surface area contributed by atoms with Crippen LogP contribution in [0.1, 0.15) is 57.6 Å². The van der Waals surface area contributed by atoms with E-state index in [4.69, 9.17) is 9.97 Å². The van der Waals surface area contributed by atoms with E-state index >= 15 is 0 Å². The summed E-state index contributed by atoms with van der Waals surface area (Å²) in [4.78, 5) is 14.3. The van der Waals surface area contributed by atoms with Crippen molar-refractivity contribution in [3.05, 3.63) is 54.6 Å². The van der Waals surface area contributed by atoms with Crippen molar-refractivity contribution in [1.29, 1.82) is 0 Å². The number of benzene rings is 1. The number of hydrogen-bond donors (Lipinski definition) is 3. The van der Waals surface area contributed by atoms with Gasteiger partial charge >= 0.3 is 0 Å². The zero-order chi connectivity index (χ0) is 23.5. The highest BCUT2D eigenvalue weighted by atomic mass is 16.3. The van der Waals surface area contributed by atoms with Crippen molar-refractivity contribution in [1.82, 2.24) is 29.3 Å². The number of aromatic nitrogens is 6. The molecule has 2 unspecified atom stereocenters. The Balaban J connectivity index is 1.42. The average molecular weight is 461 g/mol. The Hall–Kier alpha value is -3.46. The highest BCUT2D eigenvalue weighted by molar-refractivity contribution is 5.84. The van der Waals surface area contributed by atoms with Crippen molar-refractivity contribution in [2.75, 3.05) is 10.6 Å². The van der Waals surface area contributed by atoms with E-state index in [0.29, 0.717) is 24.4 Å². The smallest absolute Gasteiger partial charge is 0.227 e. The van der Waals surface area contributed by atoms with E-state index in [2.05, 4.69) is 49.5 Å². The maximum absolute atomic E-state index is 10.1. The average Bonchev–Trinajstić information content (AvgIpc) is 3.62. The first-order valence-corrected chi connectivity index (χ1v) is 12.1. The fraction of sp³-hybridized carbons (Fsp3) is 0.440. The molecule has 0 aliphatic heterocycles. The quantitative estimate of drug-likeness (QED) is 0.342. The largest absolute Gasteiger partial charge is 0.391 e. The second-order valence-electron chi connectivity index (χ2n) is 9.03. The van der Waals surface area contributed by atoms with E-state index in [1.807, 2.05) is 30.2 Å². The van der Waals surface area contributed by atoms with Gasteiger partial charge in [0.1, 0.15) is 0 Å². The number of hydrogen-bond acceptors (Lipinski definition) is 7. The molecular weight excluding hydrogens is 428 g/mol. The fourth-order valence-electron chi connectivity index (χ4n) is 4.66. The van der Waals surface area contributed by atoms with Gasteiger partial charge in [-0.1, -0.05) is 31.9 Å². The predicted octanol–water partition coefficient (Wildman–Crippen LogP) is 4.31. The lowest BCUT2D eigenvalue weighted by molar-refractivity contribution is 0.169. The monoisotopic (exact) mass is 460 g/mol. The van der Waals surface area contributed by atoms with Gasteiger partial charge in [0.25, 0.3) is 0 Å². The summed E-state index contributed by atoms with van der Waals surface area (Å²) in [6.45, 7) is 4.43. The van der Waals surface area contributed by atoms with Gasteiger partial charge in [-0.2, -0.15) is 15.1 Å². The van der Waals surface area contributed by atoms with Crippen molar-refractivity contribution in [3.63, 3.8) is 0 Å². The van der Waals surface area contributed by atoms with Crippen LogP contribution >= 0.6 is 0 Å². The molecule has 3 aromatic heterocycles. The molecule has 0 spiro atoms. The number of anilines is 2. The Morgan fingerprint density at radius 3 is 2.62 bits per heavy atom. The van der Waals surface area contributed by atoms with Gasteiger partial charge in [0.05, 0.1) is 24.2 Å². The third-order valence-electron chi connectivity index (χ3n) is 6.64. The molecule has 34 heavy (non-hydrogen) atoms. The minimum absolute atomic E-state index is 0.122. The van der Waals surface area contributed by atoms with Crippen LogP contribution in [0, 0.1) is 0 Å². The van der Waals surface area contributed by atoms with Crippen LogP contribution in [0.25, 0.3) is 16.9 Å². The Labute approximate surface area is 199 Å². The number of imidazole rings is 1. The van der Waals surface area contributed by atoms with Crippen LogP contribution in [-0.4, -0.2) is 46.6 Å². The van der Waals surface area contributed by atoms with Gasteiger partial charge in [0, 0.05) is 25.0 Å². The van der Waals surface area contributed by atoms with Gasteiger partial charge in [-0.15, -0.1) is 0 Å². The maximum atomic E-state index is 10.1. The highest BCUT2D eigenvalue weighted by Crippen LogP contribution is 2.33. The van der Waals surface area contributed by atoms with E-state index < -0.39 is 6.10 Å². The lowest BCUT2D eigenvalue weighted by Crippen LogP contribution is -2.31. The van der Waals surface area contributed by atoms with Crippen LogP contribution in [0.3, 0.4) is 0 Å². The van der Waals surface area contributed by atoms with E-state index in [0.717, 1.165) is 41.7 Å². The first-order chi connectivity index (χ1) is 16.6.